The minimum absolute atomic E-state index is 0.230. The molecule has 2 aromatic rings. The van der Waals surface area contributed by atoms with Gasteiger partial charge in [-0.05, 0) is 30.7 Å². The van der Waals surface area contributed by atoms with Crippen molar-refractivity contribution in [2.75, 3.05) is 32.2 Å². The van der Waals surface area contributed by atoms with Gasteiger partial charge < -0.3 is 20.1 Å². The summed E-state index contributed by atoms with van der Waals surface area (Å²) in [6.45, 7) is 0.480. The molecule has 0 aliphatic rings. The third-order valence-electron chi connectivity index (χ3n) is 3.89. The zero-order valence-electron chi connectivity index (χ0n) is 17.2. The summed E-state index contributed by atoms with van der Waals surface area (Å²) in [6, 6.07) is 11.6. The Morgan fingerprint density at radius 1 is 1.06 bits per heavy atom. The molecule has 0 bridgehead atoms. The summed E-state index contributed by atoms with van der Waals surface area (Å²) in [4.78, 5) is 35.6. The number of para-hydroxylation sites is 1. The van der Waals surface area contributed by atoms with Crippen LogP contribution in [0.15, 0.2) is 47.6 Å². The highest BCUT2D eigenvalue weighted by Crippen LogP contribution is 2.29. The number of carbonyl (C=O) groups excluding carboxylic acids is 3. The van der Waals surface area contributed by atoms with Crippen molar-refractivity contribution in [2.45, 2.75) is 6.42 Å². The third-order valence-corrected chi connectivity index (χ3v) is 4.71. The molecule has 0 saturated carbocycles. The Morgan fingerprint density at radius 2 is 1.84 bits per heavy atom. The van der Waals surface area contributed by atoms with E-state index in [0.29, 0.717) is 41.6 Å². The fraction of sp³-hybridized carbons (Fsp3) is 0.238. The molecule has 11 heteroatoms. The number of hydrogen-bond acceptors (Lipinski definition) is 6. The Kier molecular flexibility index (Phi) is 10.5. The van der Waals surface area contributed by atoms with Gasteiger partial charge in [0.2, 0.25) is 0 Å². The standard InChI is InChI=1S/C21H22Cl2N4O5/c1-31-11-5-10-24-20(29)21(30)27-25-12-14-6-2-3-9-17(14)32-13-18(28)26-16-8-4-7-15(22)19(16)23/h2-4,6-9,12H,5,10-11,13H2,1H3,(H,24,29)(H,26,28)(H,27,30)/b25-12-. The maximum atomic E-state index is 12.2. The van der Waals surface area contributed by atoms with E-state index in [0.717, 1.165) is 0 Å². The van der Waals surface area contributed by atoms with Crippen molar-refractivity contribution in [1.82, 2.24) is 10.7 Å². The second-order valence-corrected chi connectivity index (χ2v) is 7.06. The van der Waals surface area contributed by atoms with Crippen LogP contribution in [-0.2, 0) is 19.1 Å². The van der Waals surface area contributed by atoms with E-state index in [9.17, 15) is 14.4 Å². The van der Waals surface area contributed by atoms with Gasteiger partial charge >= 0.3 is 11.8 Å². The molecule has 0 aliphatic carbocycles. The van der Waals surface area contributed by atoms with Crippen LogP contribution in [0.1, 0.15) is 12.0 Å². The average Bonchev–Trinajstić information content (AvgIpc) is 2.79. The molecule has 2 aromatic carbocycles. The monoisotopic (exact) mass is 480 g/mol. The third kappa shape index (κ3) is 8.18. The molecule has 170 valence electrons. The van der Waals surface area contributed by atoms with Crippen molar-refractivity contribution in [3.05, 3.63) is 58.1 Å². The molecule has 0 atom stereocenters. The lowest BCUT2D eigenvalue weighted by Crippen LogP contribution is -2.38. The van der Waals surface area contributed by atoms with Gasteiger partial charge in [0.05, 0.1) is 21.9 Å². The predicted molar refractivity (Wildman–Crippen MR) is 122 cm³/mol. The lowest BCUT2D eigenvalue weighted by Gasteiger charge is -2.11. The minimum atomic E-state index is -0.908. The van der Waals surface area contributed by atoms with Crippen molar-refractivity contribution in [3.8, 4) is 5.75 Å². The summed E-state index contributed by atoms with van der Waals surface area (Å²) >= 11 is 12.0. The number of methoxy groups -OCH3 is 1. The number of nitrogens with one attached hydrogen (secondary N) is 3. The second-order valence-electron chi connectivity index (χ2n) is 6.28. The molecule has 0 heterocycles. The second kappa shape index (κ2) is 13.3. The maximum Gasteiger partial charge on any atom is 0.329 e. The van der Waals surface area contributed by atoms with Gasteiger partial charge in [-0.1, -0.05) is 41.4 Å². The van der Waals surface area contributed by atoms with Crippen LogP contribution in [0.5, 0.6) is 5.75 Å². The topological polar surface area (TPSA) is 118 Å². The van der Waals surface area contributed by atoms with Gasteiger partial charge in [0.1, 0.15) is 5.75 Å². The van der Waals surface area contributed by atoms with E-state index in [1.165, 1.54) is 6.21 Å². The molecule has 3 amide bonds. The molecule has 2 rings (SSSR count). The summed E-state index contributed by atoms with van der Waals surface area (Å²) in [5.74, 6) is -1.81. The van der Waals surface area contributed by atoms with Crippen LogP contribution in [-0.4, -0.2) is 50.8 Å². The average molecular weight is 481 g/mol. The number of carbonyl (C=O) groups is 3. The fourth-order valence-electron chi connectivity index (χ4n) is 2.36. The number of ether oxygens (including phenoxy) is 2. The summed E-state index contributed by atoms with van der Waals surface area (Å²) in [5.41, 5.74) is 2.99. The minimum Gasteiger partial charge on any atom is -0.483 e. The largest absolute Gasteiger partial charge is 0.483 e. The lowest BCUT2D eigenvalue weighted by molar-refractivity contribution is -0.139. The highest BCUT2D eigenvalue weighted by Gasteiger charge is 2.12. The van der Waals surface area contributed by atoms with Crippen LogP contribution in [0.25, 0.3) is 0 Å². The fourth-order valence-corrected chi connectivity index (χ4v) is 2.71. The van der Waals surface area contributed by atoms with E-state index in [2.05, 4.69) is 21.2 Å². The summed E-state index contributed by atoms with van der Waals surface area (Å²) in [6.07, 6.45) is 1.89. The molecule has 0 unspecified atom stereocenters. The van der Waals surface area contributed by atoms with Crippen LogP contribution < -0.4 is 20.8 Å². The Morgan fingerprint density at radius 3 is 2.62 bits per heavy atom. The van der Waals surface area contributed by atoms with Crippen LogP contribution in [0.3, 0.4) is 0 Å². The van der Waals surface area contributed by atoms with Gasteiger partial charge in [0, 0.05) is 25.8 Å². The predicted octanol–water partition coefficient (Wildman–Crippen LogP) is 2.61. The molecule has 32 heavy (non-hydrogen) atoms. The first kappa shape index (κ1) is 25.1. The van der Waals surface area contributed by atoms with Gasteiger partial charge in [-0.3, -0.25) is 14.4 Å². The van der Waals surface area contributed by atoms with E-state index in [1.54, 1.807) is 49.6 Å². The molecule has 0 radical (unpaired) electrons. The molecule has 0 spiro atoms. The SMILES string of the molecule is COCCCNC(=O)C(=O)N/N=C\c1ccccc1OCC(=O)Nc1cccc(Cl)c1Cl. The molecular weight excluding hydrogens is 459 g/mol. The summed E-state index contributed by atoms with van der Waals surface area (Å²) in [5, 5.41) is 9.37. The van der Waals surface area contributed by atoms with E-state index >= 15 is 0 Å². The van der Waals surface area contributed by atoms with Crippen molar-refractivity contribution in [3.63, 3.8) is 0 Å². The first-order chi connectivity index (χ1) is 15.4. The first-order valence-corrected chi connectivity index (χ1v) is 10.2. The molecule has 0 fully saturated rings. The van der Waals surface area contributed by atoms with E-state index < -0.39 is 17.7 Å². The Labute approximate surface area is 195 Å². The summed E-state index contributed by atoms with van der Waals surface area (Å²) < 4.78 is 10.4. The number of halogens is 2. The molecule has 0 saturated heterocycles. The van der Waals surface area contributed by atoms with Crippen LogP contribution >= 0.6 is 23.2 Å². The molecular formula is C21H22Cl2N4O5. The number of hydrogen-bond donors (Lipinski definition) is 3. The van der Waals surface area contributed by atoms with Crippen molar-refractivity contribution < 1.29 is 23.9 Å². The highest BCUT2D eigenvalue weighted by atomic mass is 35.5. The van der Waals surface area contributed by atoms with Gasteiger partial charge in [0.25, 0.3) is 5.91 Å². The van der Waals surface area contributed by atoms with E-state index in [-0.39, 0.29) is 11.6 Å². The smallest absolute Gasteiger partial charge is 0.329 e. The number of amides is 3. The lowest BCUT2D eigenvalue weighted by atomic mass is 10.2. The van der Waals surface area contributed by atoms with Gasteiger partial charge in [-0.25, -0.2) is 5.43 Å². The highest BCUT2D eigenvalue weighted by molar-refractivity contribution is 6.44. The zero-order chi connectivity index (χ0) is 23.3. The molecule has 9 nitrogen and oxygen atoms in total. The number of anilines is 1. The van der Waals surface area contributed by atoms with E-state index in [1.807, 2.05) is 0 Å². The van der Waals surface area contributed by atoms with Gasteiger partial charge in [-0.15, -0.1) is 0 Å². The normalized spacial score (nSPS) is 10.6. The number of hydrazone groups is 1. The quantitative estimate of drug-likeness (QED) is 0.209. The van der Waals surface area contributed by atoms with Crippen LogP contribution in [0, 0.1) is 0 Å². The zero-order valence-corrected chi connectivity index (χ0v) is 18.7. The number of nitrogens with zero attached hydrogens (tertiary/aromatic N) is 1. The molecule has 0 aliphatic heterocycles. The van der Waals surface area contributed by atoms with Crippen molar-refractivity contribution >= 4 is 52.8 Å². The van der Waals surface area contributed by atoms with Gasteiger partial charge in [-0.2, -0.15) is 5.10 Å². The Hall–Kier alpha value is -3.14. The number of rotatable bonds is 10. The Bertz CT molecular complexity index is 984. The van der Waals surface area contributed by atoms with Crippen molar-refractivity contribution in [2.24, 2.45) is 5.10 Å². The molecule has 3 N–H and O–H groups in total. The maximum absolute atomic E-state index is 12.2. The summed E-state index contributed by atoms with van der Waals surface area (Å²) in [7, 11) is 1.55. The van der Waals surface area contributed by atoms with Crippen molar-refractivity contribution in [1.29, 1.82) is 0 Å². The molecule has 0 aromatic heterocycles. The van der Waals surface area contributed by atoms with Gasteiger partial charge in [0.15, 0.2) is 6.61 Å². The van der Waals surface area contributed by atoms with E-state index in [4.69, 9.17) is 32.7 Å². The first-order valence-electron chi connectivity index (χ1n) is 9.48. The van der Waals surface area contributed by atoms with Crippen LogP contribution in [0.4, 0.5) is 5.69 Å². The Balaban J connectivity index is 1.87. The van der Waals surface area contributed by atoms with Crippen LogP contribution in [0.2, 0.25) is 10.0 Å². The number of benzene rings is 2.